The molecule has 23 N–H and O–H groups in total. The second-order valence-corrected chi connectivity index (χ2v) is 21.8. The highest BCUT2D eigenvalue weighted by atomic mass is 16.8. The summed E-state index contributed by atoms with van der Waals surface area (Å²) in [5, 5.41) is 223. The molecule has 39 heteroatoms. The number of amides is 3. The van der Waals surface area contributed by atoms with Crippen LogP contribution in [-0.4, -0.2) is 381 Å². The SMILES string of the molecule is CC(=O)N[C@H]1[C@H](O[C@H]2[C@H](O)[C@@H](NC(C)=O)C(O)O[C@@H]2CO)O[C@H](CO)[C@@H](O[C@@H]2O[C@H](CO[C@H]3O[C@H](CO)[C@@H](O[C@@H]4O[C@H](CO)[C@@H](O[C@@H]5O[C@H](CO)[C@H](O)[C@H](O)[C@H]5O)[C@H](O)[C@H]4NC(C)=O)[C@H](O)[C@@H]3O)[C@@H](O)[C@H](O[C@H]3O[C@H](CO)[C@@H](O)[C@H](O)[C@@H]3O)[C@@H]2O)[C@@H]1O. The Balaban J connectivity index is 1.10. The molecular weight excluding hydrogens is 1190 g/mol. The third-order valence-electron chi connectivity index (χ3n) is 15.7. The van der Waals surface area contributed by atoms with Crippen LogP contribution in [0.25, 0.3) is 0 Å². The predicted molar refractivity (Wildman–Crippen MR) is 267 cm³/mol. The summed E-state index contributed by atoms with van der Waals surface area (Å²) in [6.07, 6.45) is -61.9. The first-order valence-electron chi connectivity index (χ1n) is 27.6. The molecule has 0 bridgehead atoms. The predicted octanol–water partition coefficient (Wildman–Crippen LogP) is -15.8. The number of rotatable bonds is 22. The smallest absolute Gasteiger partial charge is 0.217 e. The first-order chi connectivity index (χ1) is 41.1. The first-order valence-corrected chi connectivity index (χ1v) is 27.6. The Morgan fingerprint density at radius 2 is 0.598 bits per heavy atom. The van der Waals surface area contributed by atoms with Crippen LogP contribution in [0.3, 0.4) is 0 Å². The van der Waals surface area contributed by atoms with E-state index in [0.29, 0.717) is 0 Å². The molecule has 7 heterocycles. The van der Waals surface area contributed by atoms with Gasteiger partial charge in [-0.25, -0.2) is 0 Å². The van der Waals surface area contributed by atoms with E-state index >= 15 is 0 Å². The largest absolute Gasteiger partial charge is 0.394 e. The van der Waals surface area contributed by atoms with Crippen LogP contribution in [0.15, 0.2) is 0 Å². The maximum absolute atomic E-state index is 12.6. The summed E-state index contributed by atoms with van der Waals surface area (Å²) in [5.41, 5.74) is 0. The normalized spacial score (nSPS) is 48.9. The van der Waals surface area contributed by atoms with Crippen molar-refractivity contribution in [3.05, 3.63) is 0 Å². The van der Waals surface area contributed by atoms with Crippen LogP contribution in [0.5, 0.6) is 0 Å². The summed E-state index contributed by atoms with van der Waals surface area (Å²) in [4.78, 5) is 37.1. The van der Waals surface area contributed by atoms with Gasteiger partial charge in [-0.05, 0) is 0 Å². The van der Waals surface area contributed by atoms with Crippen molar-refractivity contribution >= 4 is 17.7 Å². The van der Waals surface area contributed by atoms with Crippen LogP contribution in [-0.2, 0) is 76.0 Å². The second kappa shape index (κ2) is 31.1. The average Bonchev–Trinajstić information content (AvgIpc) is 3.65. The third-order valence-corrected chi connectivity index (χ3v) is 15.7. The molecule has 7 aliphatic heterocycles. The highest BCUT2D eigenvalue weighted by molar-refractivity contribution is 5.74. The van der Waals surface area contributed by atoms with Crippen LogP contribution < -0.4 is 16.0 Å². The van der Waals surface area contributed by atoms with Gasteiger partial charge < -0.3 is 180 Å². The minimum Gasteiger partial charge on any atom is -0.394 e. The minimum atomic E-state index is -2.31. The Bertz CT molecular complexity index is 2180. The molecule has 0 aromatic heterocycles. The number of hydrogen-bond acceptors (Lipinski definition) is 36. The van der Waals surface area contributed by atoms with Crippen molar-refractivity contribution in [3.8, 4) is 0 Å². The Kier molecular flexibility index (Phi) is 25.6. The molecule has 7 rings (SSSR count). The van der Waals surface area contributed by atoms with Gasteiger partial charge in [0.1, 0.15) is 171 Å². The van der Waals surface area contributed by atoms with Gasteiger partial charge >= 0.3 is 0 Å². The lowest BCUT2D eigenvalue weighted by Crippen LogP contribution is -2.70. The molecule has 0 aromatic rings. The Morgan fingerprint density at radius 1 is 0.299 bits per heavy atom. The Hall–Kier alpha value is -2.91. The van der Waals surface area contributed by atoms with E-state index in [1.165, 1.54) is 0 Å². The van der Waals surface area contributed by atoms with Crippen molar-refractivity contribution in [1.29, 1.82) is 0 Å². The third kappa shape index (κ3) is 15.8. The van der Waals surface area contributed by atoms with Crippen molar-refractivity contribution in [2.24, 2.45) is 0 Å². The fourth-order valence-electron chi connectivity index (χ4n) is 11.1. The Morgan fingerprint density at radius 3 is 1.00 bits per heavy atom. The molecule has 1 unspecified atom stereocenters. The summed E-state index contributed by atoms with van der Waals surface area (Å²) in [6.45, 7) is -3.85. The molecule has 7 saturated heterocycles. The van der Waals surface area contributed by atoms with Crippen molar-refractivity contribution in [3.63, 3.8) is 0 Å². The molecule has 39 nitrogen and oxygen atoms in total. The number of nitrogens with one attached hydrogen (secondary N) is 3. The van der Waals surface area contributed by atoms with Crippen LogP contribution in [0.4, 0.5) is 0 Å². The van der Waals surface area contributed by atoms with Crippen LogP contribution in [0.1, 0.15) is 20.8 Å². The van der Waals surface area contributed by atoms with E-state index < -0.39 is 279 Å². The van der Waals surface area contributed by atoms with Crippen LogP contribution in [0.2, 0.25) is 0 Å². The van der Waals surface area contributed by atoms with E-state index in [2.05, 4.69) is 16.0 Å². The number of ether oxygens (including phenoxy) is 13. The zero-order valence-corrected chi connectivity index (χ0v) is 46.6. The Labute approximate surface area is 492 Å². The highest BCUT2D eigenvalue weighted by Gasteiger charge is 2.58. The van der Waals surface area contributed by atoms with Gasteiger partial charge in [-0.3, -0.25) is 14.4 Å². The molecule has 0 radical (unpaired) electrons. The molecule has 35 atom stereocenters. The molecular formula is C48H81N3O36. The van der Waals surface area contributed by atoms with E-state index in [9.17, 15) is 117 Å². The second-order valence-electron chi connectivity index (χ2n) is 21.8. The summed E-state index contributed by atoms with van der Waals surface area (Å²) < 4.78 is 74.8. The topological polar surface area (TPSA) is 612 Å². The van der Waals surface area contributed by atoms with Crippen molar-refractivity contribution in [1.82, 2.24) is 16.0 Å². The van der Waals surface area contributed by atoms with Gasteiger partial charge in [0, 0.05) is 20.8 Å². The zero-order valence-electron chi connectivity index (χ0n) is 46.6. The minimum absolute atomic E-state index is 0.732. The number of carbonyl (C=O) groups is 3. The average molecular weight is 1280 g/mol. The molecule has 0 aliphatic carbocycles. The molecule has 0 spiro atoms. The van der Waals surface area contributed by atoms with E-state index in [1.807, 2.05) is 0 Å². The lowest BCUT2D eigenvalue weighted by atomic mass is 9.94. The van der Waals surface area contributed by atoms with Gasteiger partial charge in [0.2, 0.25) is 17.7 Å². The number of hydrogen-bond donors (Lipinski definition) is 23. The van der Waals surface area contributed by atoms with Gasteiger partial charge in [-0.1, -0.05) is 0 Å². The molecule has 0 saturated carbocycles. The summed E-state index contributed by atoms with van der Waals surface area (Å²) in [6, 6.07) is -5.07. The molecule has 3 amide bonds. The first kappa shape index (κ1) is 71.5. The number of carbonyl (C=O) groups excluding carboxylic acids is 3. The van der Waals surface area contributed by atoms with Crippen molar-refractivity contribution in [2.75, 3.05) is 46.2 Å². The lowest BCUT2D eigenvalue weighted by Gasteiger charge is -2.50. The zero-order chi connectivity index (χ0) is 64.2. The van der Waals surface area contributed by atoms with Crippen LogP contribution >= 0.6 is 0 Å². The van der Waals surface area contributed by atoms with Gasteiger partial charge in [0.05, 0.1) is 46.2 Å². The standard InChI is InChI=1S/C48H81N3O36/c1-11(58)49-21-27(64)37(16(6-54)76-42(21)74)83-43-22(50-12(2)59)29(66)39(18(8-56)79-43)86-48-36(73)41(87-47-34(71)31(68)25(62)15(5-53)78-47)26(63)20(82-48)10-75-45-35(72)32(69)40(19(9-57)81-45)84-44-23(51-13(3)60)28(65)38(17(7-55)80-44)85-46-33(70)30(67)24(61)14(4-52)77-46/h14-48,52-57,61-74H,4-10H2,1-3H3,(H,49,58)(H,50,59)(H,51,60)/t14-,15-,16-,17-,18-,19-,20-,21-,22-,23-,24+,25-,26-,27-,28-,29-,30+,31+,32-,33-,34+,35+,36+,37-,38-,39-,40-,41+,42?,43+,44+,45+,46+,47-,48+/m1/s1. The monoisotopic (exact) mass is 1280 g/mol. The molecule has 0 aromatic carbocycles. The van der Waals surface area contributed by atoms with Crippen molar-refractivity contribution < 1.29 is 178 Å². The quantitative estimate of drug-likeness (QED) is 0.0479. The molecule has 87 heavy (non-hydrogen) atoms. The number of aliphatic hydroxyl groups excluding tert-OH is 20. The fourth-order valence-corrected chi connectivity index (χ4v) is 11.1. The number of aliphatic hydroxyl groups is 20. The highest BCUT2D eigenvalue weighted by Crippen LogP contribution is 2.37. The van der Waals surface area contributed by atoms with E-state index in [0.717, 1.165) is 20.8 Å². The van der Waals surface area contributed by atoms with Gasteiger partial charge in [0.15, 0.2) is 44.0 Å². The van der Waals surface area contributed by atoms with Crippen molar-refractivity contribution in [2.45, 2.75) is 236 Å². The summed E-state index contributed by atoms with van der Waals surface area (Å²) >= 11 is 0. The maximum Gasteiger partial charge on any atom is 0.217 e. The van der Waals surface area contributed by atoms with Crippen LogP contribution in [0, 0.1) is 0 Å². The van der Waals surface area contributed by atoms with E-state index in [-0.39, 0.29) is 0 Å². The molecule has 504 valence electrons. The van der Waals surface area contributed by atoms with E-state index in [4.69, 9.17) is 61.6 Å². The van der Waals surface area contributed by atoms with Gasteiger partial charge in [-0.15, -0.1) is 0 Å². The molecule has 7 fully saturated rings. The maximum atomic E-state index is 12.6. The summed E-state index contributed by atoms with van der Waals surface area (Å²) in [5.74, 6) is -2.42. The van der Waals surface area contributed by atoms with Gasteiger partial charge in [-0.2, -0.15) is 0 Å². The molecule has 7 aliphatic rings. The fraction of sp³-hybridized carbons (Fsp3) is 0.938. The van der Waals surface area contributed by atoms with Gasteiger partial charge in [0.25, 0.3) is 0 Å². The van der Waals surface area contributed by atoms with E-state index in [1.54, 1.807) is 0 Å². The summed E-state index contributed by atoms with van der Waals surface area (Å²) in [7, 11) is 0. The lowest BCUT2D eigenvalue weighted by molar-refractivity contribution is -0.386.